The van der Waals surface area contributed by atoms with Gasteiger partial charge in [-0.3, -0.25) is 4.79 Å². The normalized spacial score (nSPS) is 13.4. The Morgan fingerprint density at radius 1 is 1.53 bits per heavy atom. The van der Waals surface area contributed by atoms with Crippen molar-refractivity contribution in [3.05, 3.63) is 23.2 Å². The van der Waals surface area contributed by atoms with Crippen molar-refractivity contribution in [2.75, 3.05) is 6.54 Å². The van der Waals surface area contributed by atoms with Crippen LogP contribution >= 0.6 is 0 Å². The molecule has 1 aromatic rings. The molecule has 1 rings (SSSR count). The Balaban J connectivity index is 2.60. The Bertz CT molecular complexity index is 433. The minimum atomic E-state index is -0.371. The van der Waals surface area contributed by atoms with Gasteiger partial charge in [0.1, 0.15) is 5.76 Å². The number of aliphatic hydroxyl groups is 1. The highest BCUT2D eigenvalue weighted by Gasteiger charge is 2.22. The summed E-state index contributed by atoms with van der Waals surface area (Å²) in [6.07, 6.45) is 1.06. The molecule has 19 heavy (non-hydrogen) atoms. The molecule has 0 aliphatic carbocycles. The predicted molar refractivity (Wildman–Crippen MR) is 75.2 cm³/mol. The lowest BCUT2D eigenvalue weighted by molar-refractivity contribution is 0.0874. The van der Waals surface area contributed by atoms with Crippen molar-refractivity contribution >= 4 is 5.91 Å². The van der Waals surface area contributed by atoms with E-state index in [1.165, 1.54) is 0 Å². The summed E-state index contributed by atoms with van der Waals surface area (Å²) in [5.74, 6) is 1.03. The van der Waals surface area contributed by atoms with Crippen LogP contribution in [0.2, 0.25) is 0 Å². The molecule has 2 N–H and O–H groups in total. The zero-order valence-electron chi connectivity index (χ0n) is 12.5. The van der Waals surface area contributed by atoms with Gasteiger partial charge in [-0.25, -0.2) is 0 Å². The second kappa shape index (κ2) is 6.24. The molecule has 0 radical (unpaired) electrons. The fraction of sp³-hybridized carbons (Fsp3) is 0.667. The van der Waals surface area contributed by atoms with Crippen molar-refractivity contribution in [2.24, 2.45) is 5.41 Å². The van der Waals surface area contributed by atoms with Gasteiger partial charge in [-0.1, -0.05) is 20.8 Å². The van der Waals surface area contributed by atoms with Crippen LogP contribution in [-0.2, 0) is 6.42 Å². The molecule has 0 saturated carbocycles. The summed E-state index contributed by atoms with van der Waals surface area (Å²) in [6, 6.07) is 1.77. The Hall–Kier alpha value is -1.29. The van der Waals surface area contributed by atoms with E-state index in [2.05, 4.69) is 5.32 Å². The van der Waals surface area contributed by atoms with E-state index in [4.69, 9.17) is 4.42 Å². The molecular weight excluding hydrogens is 242 g/mol. The summed E-state index contributed by atoms with van der Waals surface area (Å²) in [5, 5.41) is 12.3. The highest BCUT2D eigenvalue weighted by molar-refractivity contribution is 5.91. The maximum Gasteiger partial charge on any atom is 0.287 e. The highest BCUT2D eigenvalue weighted by Crippen LogP contribution is 2.21. The molecule has 0 aliphatic rings. The molecular formula is C15H25NO3. The van der Waals surface area contributed by atoms with Gasteiger partial charge in [-0.15, -0.1) is 0 Å². The molecule has 1 unspecified atom stereocenters. The van der Waals surface area contributed by atoms with Gasteiger partial charge in [0.05, 0.1) is 6.10 Å². The van der Waals surface area contributed by atoms with Crippen LogP contribution in [0.25, 0.3) is 0 Å². The third-order valence-corrected chi connectivity index (χ3v) is 3.14. The third-order valence-electron chi connectivity index (χ3n) is 3.14. The number of carbonyl (C=O) groups is 1. The minimum Gasteiger partial charge on any atom is -0.456 e. The number of hydrogen-bond acceptors (Lipinski definition) is 3. The van der Waals surface area contributed by atoms with Gasteiger partial charge in [0.2, 0.25) is 0 Å². The minimum absolute atomic E-state index is 0.140. The molecule has 0 spiro atoms. The van der Waals surface area contributed by atoms with E-state index in [9.17, 15) is 9.90 Å². The number of furan rings is 1. The van der Waals surface area contributed by atoms with Crippen LogP contribution in [0.1, 0.15) is 56.0 Å². The number of rotatable bonds is 6. The second-order valence-corrected chi connectivity index (χ2v) is 5.97. The highest BCUT2D eigenvalue weighted by atomic mass is 16.4. The van der Waals surface area contributed by atoms with Crippen LogP contribution in [0.5, 0.6) is 0 Å². The average molecular weight is 267 g/mol. The summed E-state index contributed by atoms with van der Waals surface area (Å²) >= 11 is 0. The van der Waals surface area contributed by atoms with Crippen molar-refractivity contribution in [2.45, 2.75) is 53.6 Å². The van der Waals surface area contributed by atoms with Crippen molar-refractivity contribution in [1.82, 2.24) is 5.32 Å². The molecule has 1 aromatic heterocycles. The van der Waals surface area contributed by atoms with Crippen molar-refractivity contribution in [1.29, 1.82) is 0 Å². The fourth-order valence-electron chi connectivity index (χ4n) is 2.26. The van der Waals surface area contributed by atoms with Crippen LogP contribution in [0.3, 0.4) is 0 Å². The van der Waals surface area contributed by atoms with Crippen LogP contribution in [0.4, 0.5) is 0 Å². The Morgan fingerprint density at radius 2 is 2.16 bits per heavy atom. The summed E-state index contributed by atoms with van der Waals surface area (Å²) in [4.78, 5) is 12.0. The first-order chi connectivity index (χ1) is 8.75. The first-order valence-corrected chi connectivity index (χ1v) is 6.80. The van der Waals surface area contributed by atoms with Crippen LogP contribution in [-0.4, -0.2) is 23.7 Å². The molecule has 0 fully saturated rings. The average Bonchev–Trinajstić information content (AvgIpc) is 2.66. The summed E-state index contributed by atoms with van der Waals surface area (Å²) in [6.45, 7) is 10.2. The molecule has 1 atom stereocenters. The van der Waals surface area contributed by atoms with E-state index < -0.39 is 0 Å². The molecule has 1 amide bonds. The Morgan fingerprint density at radius 3 is 2.63 bits per heavy atom. The number of carbonyl (C=O) groups excluding carboxylic acids is 1. The predicted octanol–water partition coefficient (Wildman–Crippen LogP) is 2.68. The standard InChI is InChI=1S/C15H25NO3/c1-6-12-10(2)7-13(19-12)14(18)16-9-15(4,5)8-11(3)17/h7,11,17H,6,8-9H2,1-5H3,(H,16,18). The molecule has 108 valence electrons. The number of aliphatic hydroxyl groups excluding tert-OH is 1. The molecule has 0 aliphatic heterocycles. The summed E-state index contributed by atoms with van der Waals surface area (Å²) in [5.41, 5.74) is 0.870. The van der Waals surface area contributed by atoms with Gasteiger partial charge in [0, 0.05) is 13.0 Å². The second-order valence-electron chi connectivity index (χ2n) is 5.97. The van der Waals surface area contributed by atoms with Crippen molar-refractivity contribution in [3.63, 3.8) is 0 Å². The molecule has 1 heterocycles. The molecule has 0 saturated heterocycles. The van der Waals surface area contributed by atoms with Gasteiger partial charge >= 0.3 is 0 Å². The van der Waals surface area contributed by atoms with Gasteiger partial charge in [0.15, 0.2) is 5.76 Å². The number of nitrogens with one attached hydrogen (secondary N) is 1. The largest absolute Gasteiger partial charge is 0.456 e. The first-order valence-electron chi connectivity index (χ1n) is 6.80. The van der Waals surface area contributed by atoms with E-state index in [-0.39, 0.29) is 17.4 Å². The van der Waals surface area contributed by atoms with E-state index >= 15 is 0 Å². The molecule has 4 nitrogen and oxygen atoms in total. The smallest absolute Gasteiger partial charge is 0.287 e. The number of aryl methyl sites for hydroxylation is 2. The lowest BCUT2D eigenvalue weighted by atomic mass is 9.87. The zero-order valence-corrected chi connectivity index (χ0v) is 12.5. The van der Waals surface area contributed by atoms with Crippen LogP contribution < -0.4 is 5.32 Å². The lowest BCUT2D eigenvalue weighted by Gasteiger charge is -2.26. The van der Waals surface area contributed by atoms with Crippen LogP contribution in [0, 0.1) is 12.3 Å². The van der Waals surface area contributed by atoms with E-state index in [1.807, 2.05) is 27.7 Å². The molecule has 0 aromatic carbocycles. The maximum atomic E-state index is 12.0. The first kappa shape index (κ1) is 15.8. The monoisotopic (exact) mass is 267 g/mol. The Kier molecular flexibility index (Phi) is 5.18. The fourth-order valence-corrected chi connectivity index (χ4v) is 2.26. The van der Waals surface area contributed by atoms with Gasteiger partial charge in [0.25, 0.3) is 5.91 Å². The van der Waals surface area contributed by atoms with Crippen molar-refractivity contribution in [3.8, 4) is 0 Å². The van der Waals surface area contributed by atoms with E-state index in [1.54, 1.807) is 13.0 Å². The Labute approximate surface area is 115 Å². The SMILES string of the molecule is CCc1oc(C(=O)NCC(C)(C)CC(C)O)cc1C. The quantitative estimate of drug-likeness (QED) is 0.833. The molecule has 4 heteroatoms. The maximum absolute atomic E-state index is 12.0. The molecule has 0 bridgehead atoms. The topological polar surface area (TPSA) is 62.5 Å². The van der Waals surface area contributed by atoms with Crippen molar-refractivity contribution < 1.29 is 14.3 Å². The number of amides is 1. The van der Waals surface area contributed by atoms with E-state index in [0.29, 0.717) is 18.7 Å². The third kappa shape index (κ3) is 4.71. The zero-order chi connectivity index (χ0) is 14.6. The summed E-state index contributed by atoms with van der Waals surface area (Å²) < 4.78 is 5.51. The van der Waals surface area contributed by atoms with Gasteiger partial charge in [-0.05, 0) is 37.3 Å². The van der Waals surface area contributed by atoms with Gasteiger partial charge < -0.3 is 14.8 Å². The summed E-state index contributed by atoms with van der Waals surface area (Å²) in [7, 11) is 0. The van der Waals surface area contributed by atoms with E-state index in [0.717, 1.165) is 17.7 Å². The van der Waals surface area contributed by atoms with Crippen LogP contribution in [0.15, 0.2) is 10.5 Å². The van der Waals surface area contributed by atoms with Gasteiger partial charge in [-0.2, -0.15) is 0 Å². The lowest BCUT2D eigenvalue weighted by Crippen LogP contribution is -2.35. The number of hydrogen-bond donors (Lipinski definition) is 2.